The lowest BCUT2D eigenvalue weighted by atomic mass is 10.1. The van der Waals surface area contributed by atoms with Crippen molar-refractivity contribution in [2.45, 2.75) is 11.3 Å². The van der Waals surface area contributed by atoms with Crippen LogP contribution in [0.3, 0.4) is 0 Å². The minimum atomic E-state index is -3.59. The Balaban J connectivity index is 0.00000420. The molecular weight excluding hydrogens is 531 g/mol. The van der Waals surface area contributed by atoms with E-state index in [9.17, 15) is 8.42 Å². The number of sulfonamides is 1. The highest BCUT2D eigenvalue weighted by Gasteiger charge is 2.25. The van der Waals surface area contributed by atoms with Crippen molar-refractivity contribution in [1.29, 1.82) is 0 Å². The third kappa shape index (κ3) is 8.93. The van der Waals surface area contributed by atoms with Crippen LogP contribution in [-0.4, -0.2) is 79.4 Å². The summed E-state index contributed by atoms with van der Waals surface area (Å²) in [6, 6.07) is 6.19. The smallest absolute Gasteiger partial charge is 0.240 e. The molecule has 0 aromatic heterocycles. The maximum atomic E-state index is 12.3. The van der Waals surface area contributed by atoms with E-state index in [0.29, 0.717) is 37.3 Å². The second kappa shape index (κ2) is 13.6. The summed E-state index contributed by atoms with van der Waals surface area (Å²) in [6.45, 7) is 4.34. The summed E-state index contributed by atoms with van der Waals surface area (Å²) < 4.78 is 37.7. The Kier molecular flexibility index (Phi) is 12.4. The molecule has 166 valence electrons. The van der Waals surface area contributed by atoms with Crippen LogP contribution in [-0.2, 0) is 19.5 Å². The number of hydrogen-bond acceptors (Lipinski definition) is 5. The van der Waals surface area contributed by atoms with Gasteiger partial charge in [-0.25, -0.2) is 13.1 Å². The van der Waals surface area contributed by atoms with Gasteiger partial charge in [0.25, 0.3) is 0 Å². The van der Waals surface area contributed by atoms with Crippen LogP contribution in [0.1, 0.15) is 6.42 Å². The quantitative estimate of drug-likeness (QED) is 0.196. The molecule has 29 heavy (non-hydrogen) atoms. The van der Waals surface area contributed by atoms with Gasteiger partial charge in [0.1, 0.15) is 0 Å². The minimum Gasteiger partial charge on any atom is -0.382 e. The van der Waals surface area contributed by atoms with Gasteiger partial charge < -0.3 is 19.7 Å². The molecule has 1 atom stereocenters. The largest absolute Gasteiger partial charge is 0.382 e. The lowest BCUT2D eigenvalue weighted by molar-refractivity contribution is 0.0536. The van der Waals surface area contributed by atoms with Crippen LogP contribution in [0, 0.1) is 5.92 Å². The van der Waals surface area contributed by atoms with E-state index < -0.39 is 10.0 Å². The molecule has 1 saturated heterocycles. The number of guanidine groups is 1. The van der Waals surface area contributed by atoms with Gasteiger partial charge in [-0.2, -0.15) is 0 Å². The monoisotopic (exact) mass is 560 g/mol. The third-order valence-electron chi connectivity index (χ3n) is 4.39. The van der Waals surface area contributed by atoms with E-state index in [1.54, 1.807) is 26.3 Å². The Hall–Kier alpha value is -0.660. The number of methoxy groups -OCH3 is 1. The summed E-state index contributed by atoms with van der Waals surface area (Å²) in [6.07, 6.45) is 1.04. The standard InChI is InChI=1S/C18H29ClN4O4S.HI/c1-20-18(23-9-6-15(13-23)14-27-11-10-26-2)21-7-8-22-28(24,25)17-5-3-4-16(19)12-17;/h3-5,12,15,22H,6-11,13-14H2,1-2H3,(H,20,21);1H. The Morgan fingerprint density at radius 2 is 2.14 bits per heavy atom. The van der Waals surface area contributed by atoms with Crippen molar-refractivity contribution < 1.29 is 17.9 Å². The molecule has 0 aliphatic carbocycles. The molecule has 1 aromatic rings. The highest BCUT2D eigenvalue weighted by Crippen LogP contribution is 2.17. The van der Waals surface area contributed by atoms with Gasteiger partial charge in [-0.15, -0.1) is 24.0 Å². The first-order chi connectivity index (χ1) is 13.5. The fourth-order valence-corrected chi connectivity index (χ4v) is 4.30. The summed E-state index contributed by atoms with van der Waals surface area (Å²) in [5, 5.41) is 3.59. The van der Waals surface area contributed by atoms with Crippen LogP contribution in [0.5, 0.6) is 0 Å². The zero-order chi connectivity index (χ0) is 20.4. The Morgan fingerprint density at radius 3 is 2.83 bits per heavy atom. The molecule has 1 aromatic carbocycles. The first-order valence-corrected chi connectivity index (χ1v) is 11.1. The Morgan fingerprint density at radius 1 is 1.34 bits per heavy atom. The van der Waals surface area contributed by atoms with Crippen molar-refractivity contribution in [3.8, 4) is 0 Å². The molecule has 0 radical (unpaired) electrons. The Labute approximate surface area is 195 Å². The first kappa shape index (κ1) is 26.4. The van der Waals surface area contributed by atoms with Gasteiger partial charge in [-0.3, -0.25) is 4.99 Å². The van der Waals surface area contributed by atoms with E-state index in [-0.39, 0.29) is 35.4 Å². The normalized spacial score (nSPS) is 17.3. The third-order valence-corrected chi connectivity index (χ3v) is 6.08. The summed E-state index contributed by atoms with van der Waals surface area (Å²) in [4.78, 5) is 6.61. The van der Waals surface area contributed by atoms with Gasteiger partial charge in [0, 0.05) is 51.3 Å². The van der Waals surface area contributed by atoms with Gasteiger partial charge in [-0.1, -0.05) is 17.7 Å². The first-order valence-electron chi connectivity index (χ1n) is 9.23. The van der Waals surface area contributed by atoms with E-state index in [4.69, 9.17) is 21.1 Å². The van der Waals surface area contributed by atoms with E-state index in [1.165, 1.54) is 12.1 Å². The number of likely N-dealkylation sites (tertiary alicyclic amines) is 1. The maximum Gasteiger partial charge on any atom is 0.240 e. The van der Waals surface area contributed by atoms with Gasteiger partial charge in [0.05, 0.1) is 24.7 Å². The van der Waals surface area contributed by atoms with Crippen molar-refractivity contribution in [3.63, 3.8) is 0 Å². The van der Waals surface area contributed by atoms with E-state index >= 15 is 0 Å². The number of nitrogens with zero attached hydrogens (tertiary/aromatic N) is 2. The summed E-state index contributed by atoms with van der Waals surface area (Å²) >= 11 is 5.86. The number of nitrogens with one attached hydrogen (secondary N) is 2. The predicted molar refractivity (Wildman–Crippen MR) is 126 cm³/mol. The lowest BCUT2D eigenvalue weighted by Crippen LogP contribution is -2.43. The van der Waals surface area contributed by atoms with Gasteiger partial charge in [0.15, 0.2) is 5.96 Å². The van der Waals surface area contributed by atoms with Crippen molar-refractivity contribution in [3.05, 3.63) is 29.3 Å². The molecule has 0 amide bonds. The molecule has 1 heterocycles. The molecular formula is C18H30ClIN4O4S. The number of aliphatic imine (C=N–C) groups is 1. The molecule has 1 aliphatic rings. The van der Waals surface area contributed by atoms with Crippen molar-refractivity contribution in [1.82, 2.24) is 14.9 Å². The number of rotatable bonds is 10. The fraction of sp³-hybridized carbons (Fsp3) is 0.611. The van der Waals surface area contributed by atoms with Crippen LogP contribution in [0.2, 0.25) is 5.02 Å². The number of hydrogen-bond donors (Lipinski definition) is 2. The summed E-state index contributed by atoms with van der Waals surface area (Å²) in [5.74, 6) is 1.22. The van der Waals surface area contributed by atoms with Crippen LogP contribution in [0.25, 0.3) is 0 Å². The second-order valence-corrected chi connectivity index (χ2v) is 8.70. The maximum absolute atomic E-state index is 12.3. The average Bonchev–Trinajstić information content (AvgIpc) is 3.14. The zero-order valence-corrected chi connectivity index (χ0v) is 20.7. The molecule has 0 spiro atoms. The van der Waals surface area contributed by atoms with Crippen LogP contribution in [0.15, 0.2) is 34.2 Å². The van der Waals surface area contributed by atoms with Crippen LogP contribution < -0.4 is 10.0 Å². The van der Waals surface area contributed by atoms with Crippen molar-refractivity contribution >= 4 is 51.6 Å². The van der Waals surface area contributed by atoms with Crippen LogP contribution in [0.4, 0.5) is 0 Å². The van der Waals surface area contributed by atoms with Crippen molar-refractivity contribution in [2.24, 2.45) is 10.9 Å². The highest BCUT2D eigenvalue weighted by molar-refractivity contribution is 14.0. The molecule has 2 N–H and O–H groups in total. The number of benzene rings is 1. The van der Waals surface area contributed by atoms with Crippen molar-refractivity contribution in [2.75, 3.05) is 60.2 Å². The second-order valence-electron chi connectivity index (χ2n) is 6.50. The SMILES string of the molecule is CN=C(NCCNS(=O)(=O)c1cccc(Cl)c1)N1CCC(COCCOC)C1.I. The molecule has 0 saturated carbocycles. The zero-order valence-electron chi connectivity index (χ0n) is 16.8. The average molecular weight is 561 g/mol. The van der Waals surface area contributed by atoms with Gasteiger partial charge in [-0.05, 0) is 24.6 Å². The predicted octanol–water partition coefficient (Wildman–Crippen LogP) is 1.80. The van der Waals surface area contributed by atoms with E-state index in [0.717, 1.165) is 25.5 Å². The topological polar surface area (TPSA) is 92.3 Å². The number of halogens is 2. The molecule has 11 heteroatoms. The molecule has 0 bridgehead atoms. The minimum absolute atomic E-state index is 0. The van der Waals surface area contributed by atoms with E-state index in [1.807, 2.05) is 0 Å². The van der Waals surface area contributed by atoms with Crippen LogP contribution >= 0.6 is 35.6 Å². The van der Waals surface area contributed by atoms with Gasteiger partial charge >= 0.3 is 0 Å². The summed E-state index contributed by atoms with van der Waals surface area (Å²) in [7, 11) is -0.204. The highest BCUT2D eigenvalue weighted by atomic mass is 127. The fourth-order valence-electron chi connectivity index (χ4n) is 2.96. The van der Waals surface area contributed by atoms with E-state index in [2.05, 4.69) is 19.9 Å². The molecule has 1 aliphatic heterocycles. The summed E-state index contributed by atoms with van der Waals surface area (Å²) in [5.41, 5.74) is 0. The van der Waals surface area contributed by atoms with Gasteiger partial charge in [0.2, 0.25) is 10.0 Å². The lowest BCUT2D eigenvalue weighted by Gasteiger charge is -2.22. The molecule has 8 nitrogen and oxygen atoms in total. The Bertz CT molecular complexity index is 751. The molecule has 1 unspecified atom stereocenters. The number of ether oxygens (including phenoxy) is 2. The molecule has 2 rings (SSSR count). The molecule has 1 fully saturated rings.